The third kappa shape index (κ3) is 4.35. The summed E-state index contributed by atoms with van der Waals surface area (Å²) in [5.74, 6) is 0.403. The van der Waals surface area contributed by atoms with Crippen LogP contribution >= 0.6 is 0 Å². The van der Waals surface area contributed by atoms with Gasteiger partial charge in [0.25, 0.3) is 0 Å². The highest BCUT2D eigenvalue weighted by molar-refractivity contribution is 5.64. The Balaban J connectivity index is 1.71. The second kappa shape index (κ2) is 7.97. The van der Waals surface area contributed by atoms with Crippen molar-refractivity contribution in [3.8, 4) is 17.4 Å². The molecule has 3 rings (SSSR count). The molecule has 0 atom stereocenters. The van der Waals surface area contributed by atoms with Gasteiger partial charge >= 0.3 is 12.1 Å². The molecule has 0 saturated carbocycles. The minimum absolute atomic E-state index is 0.0248. The summed E-state index contributed by atoms with van der Waals surface area (Å²) in [6.07, 6.45) is 1.23. The molecule has 0 amide bonds. The van der Waals surface area contributed by atoms with Crippen LogP contribution in [0.5, 0.6) is 5.95 Å². The fourth-order valence-electron chi connectivity index (χ4n) is 2.21. The minimum Gasteiger partial charge on any atom is -0.429 e. The van der Waals surface area contributed by atoms with Gasteiger partial charge in [0.15, 0.2) is 0 Å². The van der Waals surface area contributed by atoms with Crippen molar-refractivity contribution in [2.75, 3.05) is 0 Å². The molecule has 0 aliphatic rings. The molecule has 0 bridgehead atoms. The van der Waals surface area contributed by atoms with Crippen molar-refractivity contribution in [1.82, 2.24) is 4.98 Å². The van der Waals surface area contributed by atoms with Gasteiger partial charge in [0.05, 0.1) is 0 Å². The molecule has 0 N–H and O–H groups in total. The lowest BCUT2D eigenvalue weighted by molar-refractivity contribution is 0.0840. The van der Waals surface area contributed by atoms with Gasteiger partial charge in [0.2, 0.25) is 5.89 Å². The highest BCUT2D eigenvalue weighted by Gasteiger charge is 2.19. The lowest BCUT2D eigenvalue weighted by atomic mass is 10.2. The molecule has 5 nitrogen and oxygen atoms in total. The normalized spacial score (nSPS) is 10.2. The molecule has 0 aliphatic heterocycles. The average molecular weight is 335 g/mol. The Hall–Kier alpha value is -3.34. The average Bonchev–Trinajstić information content (AvgIpc) is 3.04. The van der Waals surface area contributed by atoms with Crippen molar-refractivity contribution in [3.63, 3.8) is 0 Å². The van der Waals surface area contributed by atoms with E-state index in [1.807, 2.05) is 60.7 Å². The van der Waals surface area contributed by atoms with Crippen molar-refractivity contribution in [1.29, 1.82) is 0 Å². The van der Waals surface area contributed by atoms with E-state index >= 15 is 0 Å². The summed E-state index contributed by atoms with van der Waals surface area (Å²) >= 11 is 0. The molecule has 0 unspecified atom stereocenters. The van der Waals surface area contributed by atoms with Crippen LogP contribution < -0.4 is 4.74 Å². The van der Waals surface area contributed by atoms with E-state index in [1.54, 1.807) is 6.08 Å². The smallest absolute Gasteiger partial charge is 0.429 e. The fraction of sp³-hybridized carbons (Fsp3) is 0.100. The number of rotatable bonds is 6. The van der Waals surface area contributed by atoms with Gasteiger partial charge in [-0.2, -0.15) is 0 Å². The van der Waals surface area contributed by atoms with Gasteiger partial charge in [0, 0.05) is 12.0 Å². The van der Waals surface area contributed by atoms with E-state index < -0.39 is 6.16 Å². The third-order valence-electron chi connectivity index (χ3n) is 3.40. The van der Waals surface area contributed by atoms with E-state index in [9.17, 15) is 4.79 Å². The molecule has 0 spiro atoms. The van der Waals surface area contributed by atoms with Crippen molar-refractivity contribution >= 4 is 6.16 Å². The molecule has 1 heterocycles. The Kier molecular flexibility index (Phi) is 5.26. The fourth-order valence-corrected chi connectivity index (χ4v) is 2.21. The monoisotopic (exact) mass is 335 g/mol. The van der Waals surface area contributed by atoms with Crippen LogP contribution in [0.4, 0.5) is 4.79 Å². The maximum absolute atomic E-state index is 11.9. The number of carbonyl (C=O) groups excluding carboxylic acids is 1. The van der Waals surface area contributed by atoms with Gasteiger partial charge in [-0.25, -0.2) is 9.78 Å². The van der Waals surface area contributed by atoms with Crippen LogP contribution in [-0.4, -0.2) is 11.1 Å². The molecular weight excluding hydrogens is 318 g/mol. The molecule has 0 radical (unpaired) electrons. The molecule has 0 saturated heterocycles. The van der Waals surface area contributed by atoms with Crippen molar-refractivity contribution in [3.05, 3.63) is 84.6 Å². The summed E-state index contributed by atoms with van der Waals surface area (Å²) in [7, 11) is 0. The summed E-state index contributed by atoms with van der Waals surface area (Å²) in [4.78, 5) is 16.3. The number of hydrogen-bond donors (Lipinski definition) is 0. The number of oxazole rings is 1. The first-order valence-electron chi connectivity index (χ1n) is 7.81. The summed E-state index contributed by atoms with van der Waals surface area (Å²) in [5.41, 5.74) is 2.15. The van der Waals surface area contributed by atoms with Crippen LogP contribution in [0, 0.1) is 0 Å². The van der Waals surface area contributed by atoms with E-state index in [-0.39, 0.29) is 12.6 Å². The van der Waals surface area contributed by atoms with E-state index in [4.69, 9.17) is 13.9 Å². The largest absolute Gasteiger partial charge is 0.516 e. The quantitative estimate of drug-likeness (QED) is 0.479. The zero-order chi connectivity index (χ0) is 17.5. The number of hydrogen-bond acceptors (Lipinski definition) is 5. The maximum Gasteiger partial charge on any atom is 0.516 e. The van der Waals surface area contributed by atoms with E-state index in [0.29, 0.717) is 18.0 Å². The number of benzene rings is 2. The first-order chi connectivity index (χ1) is 12.3. The van der Waals surface area contributed by atoms with Crippen molar-refractivity contribution in [2.45, 2.75) is 13.0 Å². The first-order valence-corrected chi connectivity index (χ1v) is 7.81. The van der Waals surface area contributed by atoms with Crippen LogP contribution in [0.15, 0.2) is 77.7 Å². The maximum atomic E-state index is 11.9. The molecular formula is C20H17NO4. The van der Waals surface area contributed by atoms with Crippen LogP contribution in [0.1, 0.15) is 11.3 Å². The third-order valence-corrected chi connectivity index (χ3v) is 3.40. The van der Waals surface area contributed by atoms with Gasteiger partial charge in [-0.3, -0.25) is 0 Å². The Bertz CT molecular complexity index is 841. The van der Waals surface area contributed by atoms with Crippen LogP contribution in [-0.2, 0) is 17.8 Å². The summed E-state index contributed by atoms with van der Waals surface area (Å²) in [5, 5.41) is 0. The molecule has 2 aromatic carbocycles. The lowest BCUT2D eigenvalue weighted by Crippen LogP contribution is -2.11. The summed E-state index contributed by atoms with van der Waals surface area (Å²) < 4.78 is 15.9. The molecule has 5 heteroatoms. The van der Waals surface area contributed by atoms with Gasteiger partial charge in [-0.1, -0.05) is 54.6 Å². The molecule has 3 aromatic rings. The second-order valence-electron chi connectivity index (χ2n) is 5.24. The zero-order valence-corrected chi connectivity index (χ0v) is 13.6. The zero-order valence-electron chi connectivity index (χ0n) is 13.6. The number of nitrogens with zero attached hydrogens (tertiary/aromatic N) is 1. The number of allylic oxidation sites excluding steroid dienone is 1. The lowest BCUT2D eigenvalue weighted by Gasteiger charge is -2.04. The molecule has 126 valence electrons. The van der Waals surface area contributed by atoms with Crippen LogP contribution in [0.3, 0.4) is 0 Å². The Labute approximate surface area is 145 Å². The van der Waals surface area contributed by atoms with Crippen LogP contribution in [0.2, 0.25) is 0 Å². The summed E-state index contributed by atoms with van der Waals surface area (Å²) in [6.45, 7) is 3.80. The Morgan fingerprint density at radius 2 is 1.76 bits per heavy atom. The summed E-state index contributed by atoms with van der Waals surface area (Å²) in [6, 6.07) is 18.7. The number of carbonyl (C=O) groups is 1. The Morgan fingerprint density at radius 1 is 1.08 bits per heavy atom. The topological polar surface area (TPSA) is 61.6 Å². The predicted octanol–water partition coefficient (Wildman–Crippen LogP) is 4.79. The van der Waals surface area contributed by atoms with Gasteiger partial charge in [-0.15, -0.1) is 6.58 Å². The SMILES string of the molecule is C=CCc1nc(-c2ccccc2)oc1OC(=O)OCc1ccccc1. The van der Waals surface area contributed by atoms with Gasteiger partial charge < -0.3 is 13.9 Å². The van der Waals surface area contributed by atoms with E-state index in [0.717, 1.165) is 11.1 Å². The standard InChI is InChI=1S/C20H17NO4/c1-2-9-17-19(24-18(21-17)16-12-7-4-8-13-16)25-20(22)23-14-15-10-5-3-6-11-15/h2-8,10-13H,1,9,14H2. The highest BCUT2D eigenvalue weighted by atomic mass is 16.8. The van der Waals surface area contributed by atoms with Gasteiger partial charge in [-0.05, 0) is 17.7 Å². The van der Waals surface area contributed by atoms with E-state index in [1.165, 1.54) is 0 Å². The molecule has 0 aliphatic carbocycles. The molecule has 25 heavy (non-hydrogen) atoms. The first kappa shape index (κ1) is 16.5. The van der Waals surface area contributed by atoms with Crippen molar-refractivity contribution < 1.29 is 18.7 Å². The Morgan fingerprint density at radius 3 is 2.44 bits per heavy atom. The number of aromatic nitrogens is 1. The second-order valence-corrected chi connectivity index (χ2v) is 5.24. The van der Waals surface area contributed by atoms with Crippen molar-refractivity contribution in [2.24, 2.45) is 0 Å². The minimum atomic E-state index is -0.843. The predicted molar refractivity (Wildman–Crippen MR) is 93.1 cm³/mol. The molecule has 0 fully saturated rings. The van der Waals surface area contributed by atoms with Crippen LogP contribution in [0.25, 0.3) is 11.5 Å². The van der Waals surface area contributed by atoms with E-state index in [2.05, 4.69) is 11.6 Å². The van der Waals surface area contributed by atoms with Gasteiger partial charge in [0.1, 0.15) is 12.3 Å². The molecule has 1 aromatic heterocycles. The highest BCUT2D eigenvalue weighted by Crippen LogP contribution is 2.28. The number of ether oxygens (including phenoxy) is 2.